The molecular formula is C27H32ClN5O3. The van der Waals surface area contributed by atoms with Crippen molar-refractivity contribution in [2.75, 3.05) is 30.3 Å². The number of benzene rings is 2. The Morgan fingerprint density at radius 3 is 2.72 bits per heavy atom. The Morgan fingerprint density at radius 2 is 1.94 bits per heavy atom. The molecule has 3 aromatic rings. The average Bonchev–Trinajstić information content (AvgIpc) is 3.30. The number of rotatable bonds is 4. The summed E-state index contributed by atoms with van der Waals surface area (Å²) < 4.78 is 11.5. The van der Waals surface area contributed by atoms with E-state index >= 15 is 0 Å². The van der Waals surface area contributed by atoms with Crippen LogP contribution in [0.4, 0.5) is 16.3 Å². The Balaban J connectivity index is 1.33. The first-order chi connectivity index (χ1) is 17.2. The maximum absolute atomic E-state index is 12.6. The molecule has 190 valence electrons. The highest BCUT2D eigenvalue weighted by molar-refractivity contribution is 6.36. The molecule has 9 heteroatoms. The number of carbonyl (C=O) groups excluding carboxylic acids is 1. The lowest BCUT2D eigenvalue weighted by Gasteiger charge is -2.31. The molecule has 1 fully saturated rings. The van der Waals surface area contributed by atoms with Crippen molar-refractivity contribution >= 4 is 40.0 Å². The van der Waals surface area contributed by atoms with Crippen LogP contribution in [0, 0.1) is 0 Å². The van der Waals surface area contributed by atoms with E-state index in [0.29, 0.717) is 25.5 Å². The number of likely N-dealkylation sites (tertiary alicyclic amines) is 1. The van der Waals surface area contributed by atoms with E-state index < -0.39 is 5.60 Å². The Hall–Kier alpha value is -3.26. The van der Waals surface area contributed by atoms with E-state index in [2.05, 4.69) is 28.1 Å². The fourth-order valence-electron chi connectivity index (χ4n) is 4.99. The van der Waals surface area contributed by atoms with Gasteiger partial charge in [0.15, 0.2) is 0 Å². The molecule has 8 nitrogen and oxygen atoms in total. The van der Waals surface area contributed by atoms with Crippen LogP contribution >= 0.6 is 11.6 Å². The Morgan fingerprint density at radius 1 is 1.17 bits per heavy atom. The Labute approximate surface area is 216 Å². The normalized spacial score (nSPS) is 17.8. The number of nitrogens with two attached hydrogens (primary N) is 1. The molecule has 0 spiro atoms. The molecule has 5 rings (SSSR count). The quantitative estimate of drug-likeness (QED) is 0.516. The van der Waals surface area contributed by atoms with Crippen LogP contribution in [-0.2, 0) is 17.7 Å². The lowest BCUT2D eigenvalue weighted by atomic mass is 10.0. The summed E-state index contributed by atoms with van der Waals surface area (Å²) in [5.41, 5.74) is 8.66. The molecule has 0 bridgehead atoms. The molecule has 3 heterocycles. The van der Waals surface area contributed by atoms with Gasteiger partial charge in [-0.05, 0) is 57.6 Å². The SMILES string of the molecule is CC(C)(C)OC(=O)N1CCC[C@H]1COc1nc(N)c2c(n1)CN(c1cccc3cccc(Cl)c13)CC2. The zero-order valence-electron chi connectivity index (χ0n) is 21.0. The van der Waals surface area contributed by atoms with Gasteiger partial charge in [0.05, 0.1) is 23.3 Å². The zero-order valence-corrected chi connectivity index (χ0v) is 21.7. The van der Waals surface area contributed by atoms with Gasteiger partial charge in [0, 0.05) is 29.7 Å². The van der Waals surface area contributed by atoms with Crippen LogP contribution in [0.1, 0.15) is 44.9 Å². The second kappa shape index (κ2) is 9.65. The van der Waals surface area contributed by atoms with E-state index in [1.54, 1.807) is 4.90 Å². The average molecular weight is 510 g/mol. The highest BCUT2D eigenvalue weighted by atomic mass is 35.5. The molecule has 36 heavy (non-hydrogen) atoms. The number of nitrogens with zero attached hydrogens (tertiary/aromatic N) is 4. The maximum atomic E-state index is 12.6. The molecular weight excluding hydrogens is 478 g/mol. The molecule has 1 amide bonds. The van der Waals surface area contributed by atoms with Gasteiger partial charge in [0.2, 0.25) is 0 Å². The highest BCUT2D eigenvalue weighted by Crippen LogP contribution is 2.36. The van der Waals surface area contributed by atoms with Crippen LogP contribution in [-0.4, -0.2) is 52.3 Å². The summed E-state index contributed by atoms with van der Waals surface area (Å²) >= 11 is 6.58. The van der Waals surface area contributed by atoms with Gasteiger partial charge in [-0.15, -0.1) is 0 Å². The lowest BCUT2D eigenvalue weighted by Crippen LogP contribution is -2.42. The molecule has 0 unspecified atom stereocenters. The number of amides is 1. The molecule has 2 aromatic carbocycles. The summed E-state index contributed by atoms with van der Waals surface area (Å²) in [5, 5.41) is 2.86. The van der Waals surface area contributed by atoms with E-state index in [9.17, 15) is 4.79 Å². The van der Waals surface area contributed by atoms with Crippen LogP contribution in [0.5, 0.6) is 6.01 Å². The number of halogens is 1. The van der Waals surface area contributed by atoms with Crippen LogP contribution < -0.4 is 15.4 Å². The van der Waals surface area contributed by atoms with Gasteiger partial charge in [-0.2, -0.15) is 9.97 Å². The number of nitrogen functional groups attached to an aromatic ring is 1. The van der Waals surface area contributed by atoms with Crippen LogP contribution in [0.15, 0.2) is 36.4 Å². The van der Waals surface area contributed by atoms with E-state index in [4.69, 9.17) is 31.8 Å². The fraction of sp³-hybridized carbons (Fsp3) is 0.444. The van der Waals surface area contributed by atoms with Crippen molar-refractivity contribution in [1.82, 2.24) is 14.9 Å². The monoisotopic (exact) mass is 509 g/mol. The molecule has 1 saturated heterocycles. The third-order valence-corrected chi connectivity index (χ3v) is 6.97. The van der Waals surface area contributed by atoms with Crippen molar-refractivity contribution in [2.24, 2.45) is 0 Å². The molecule has 2 aliphatic rings. The van der Waals surface area contributed by atoms with Gasteiger partial charge in [-0.25, -0.2) is 4.79 Å². The molecule has 1 aromatic heterocycles. The van der Waals surface area contributed by atoms with Crippen molar-refractivity contribution in [1.29, 1.82) is 0 Å². The van der Waals surface area contributed by atoms with Gasteiger partial charge in [0.1, 0.15) is 18.0 Å². The van der Waals surface area contributed by atoms with Crippen molar-refractivity contribution in [3.05, 3.63) is 52.7 Å². The van der Waals surface area contributed by atoms with E-state index in [0.717, 1.165) is 58.5 Å². The minimum atomic E-state index is -0.540. The van der Waals surface area contributed by atoms with Crippen molar-refractivity contribution in [2.45, 2.75) is 58.2 Å². The standard InChI is InChI=1S/C27H32ClN5O3/c1-27(2,3)36-26(34)33-13-6-9-18(33)16-35-25-30-21-15-32(14-12-19(21)24(29)31-25)22-11-5-8-17-7-4-10-20(28)23(17)22/h4-5,7-8,10-11,18H,6,9,12-16H2,1-3H3,(H2,29,30,31)/t18-/m0/s1. The second-order valence-electron chi connectivity index (χ2n) is 10.4. The van der Waals surface area contributed by atoms with Gasteiger partial charge in [0.25, 0.3) is 0 Å². The number of aromatic nitrogens is 2. The predicted molar refractivity (Wildman–Crippen MR) is 142 cm³/mol. The van der Waals surface area contributed by atoms with Crippen molar-refractivity contribution < 1.29 is 14.3 Å². The predicted octanol–water partition coefficient (Wildman–Crippen LogP) is 5.21. The number of hydrogen-bond acceptors (Lipinski definition) is 7. The maximum Gasteiger partial charge on any atom is 0.410 e. The number of ether oxygens (including phenoxy) is 2. The molecule has 2 aliphatic heterocycles. The Kier molecular flexibility index (Phi) is 6.55. The summed E-state index contributed by atoms with van der Waals surface area (Å²) in [4.78, 5) is 25.7. The van der Waals surface area contributed by atoms with Crippen LogP contribution in [0.2, 0.25) is 5.02 Å². The third kappa shape index (κ3) is 5.00. The van der Waals surface area contributed by atoms with Crippen LogP contribution in [0.25, 0.3) is 10.8 Å². The number of carbonyl (C=O) groups is 1. The summed E-state index contributed by atoms with van der Waals surface area (Å²) in [6.07, 6.45) is 2.17. The fourth-order valence-corrected chi connectivity index (χ4v) is 5.27. The first kappa shape index (κ1) is 24.4. The molecule has 2 N–H and O–H groups in total. The van der Waals surface area contributed by atoms with Gasteiger partial charge in [-0.1, -0.05) is 35.9 Å². The number of fused-ring (bicyclic) bond motifs is 2. The third-order valence-electron chi connectivity index (χ3n) is 6.66. The Bertz CT molecular complexity index is 1290. The van der Waals surface area contributed by atoms with Gasteiger partial charge in [-0.3, -0.25) is 0 Å². The minimum absolute atomic E-state index is 0.0879. The smallest absolute Gasteiger partial charge is 0.410 e. The lowest BCUT2D eigenvalue weighted by molar-refractivity contribution is 0.0183. The second-order valence-corrected chi connectivity index (χ2v) is 10.8. The first-order valence-corrected chi connectivity index (χ1v) is 12.8. The summed E-state index contributed by atoms with van der Waals surface area (Å²) in [6.45, 7) is 7.91. The molecule has 1 atom stereocenters. The number of hydrogen-bond donors (Lipinski definition) is 1. The van der Waals surface area contributed by atoms with Gasteiger partial charge >= 0.3 is 12.1 Å². The molecule has 0 saturated carbocycles. The van der Waals surface area contributed by atoms with E-state index in [-0.39, 0.29) is 18.1 Å². The van der Waals surface area contributed by atoms with E-state index in [1.807, 2.05) is 39.0 Å². The summed E-state index contributed by atoms with van der Waals surface area (Å²) in [6, 6.07) is 12.3. The van der Waals surface area contributed by atoms with Crippen molar-refractivity contribution in [3.8, 4) is 6.01 Å². The summed E-state index contributed by atoms with van der Waals surface area (Å²) in [5.74, 6) is 0.445. The summed E-state index contributed by atoms with van der Waals surface area (Å²) in [7, 11) is 0. The highest BCUT2D eigenvalue weighted by Gasteiger charge is 2.33. The van der Waals surface area contributed by atoms with Gasteiger partial charge < -0.3 is 25.0 Å². The van der Waals surface area contributed by atoms with E-state index in [1.165, 1.54) is 0 Å². The minimum Gasteiger partial charge on any atom is -0.461 e. The van der Waals surface area contributed by atoms with Crippen molar-refractivity contribution in [3.63, 3.8) is 0 Å². The zero-order chi connectivity index (χ0) is 25.4. The number of anilines is 2. The first-order valence-electron chi connectivity index (χ1n) is 12.4. The molecule has 0 radical (unpaired) electrons. The molecule has 0 aliphatic carbocycles. The topological polar surface area (TPSA) is 93.8 Å². The van der Waals surface area contributed by atoms with Crippen LogP contribution in [0.3, 0.4) is 0 Å². The largest absolute Gasteiger partial charge is 0.461 e.